The van der Waals surface area contributed by atoms with Crippen molar-refractivity contribution >= 4 is 16.9 Å². The summed E-state index contributed by atoms with van der Waals surface area (Å²) in [4.78, 5) is 11.8. The van der Waals surface area contributed by atoms with E-state index in [1.165, 1.54) is 17.3 Å². The minimum atomic E-state index is -0.0923. The monoisotopic (exact) mass is 364 g/mol. The molecule has 0 aromatic heterocycles. The maximum atomic E-state index is 11.8. The highest BCUT2D eigenvalue weighted by Crippen LogP contribution is 2.40. The number of rotatable bonds is 7. The van der Waals surface area contributed by atoms with E-state index in [9.17, 15) is 9.90 Å². The van der Waals surface area contributed by atoms with Gasteiger partial charge in [0.2, 0.25) is 0 Å². The third-order valence-corrected chi connectivity index (χ3v) is 5.41. The highest BCUT2D eigenvalue weighted by Gasteiger charge is 2.26. The normalized spacial score (nSPS) is 12.4. The number of unbranched alkanes of at least 4 members (excludes halogenated alkanes) is 1. The second kappa shape index (κ2) is 9.12. The van der Waals surface area contributed by atoms with Crippen LogP contribution in [0.2, 0.25) is 0 Å². The average molecular weight is 365 g/mol. The minimum absolute atomic E-state index is 0.0923. The molecular formula is C22H36O2S. The first-order valence-electron chi connectivity index (χ1n) is 9.49. The van der Waals surface area contributed by atoms with Gasteiger partial charge >= 0.3 is 0 Å². The van der Waals surface area contributed by atoms with Crippen molar-refractivity contribution in [1.82, 2.24) is 0 Å². The zero-order valence-corrected chi connectivity index (χ0v) is 18.0. The first kappa shape index (κ1) is 22.1. The molecule has 0 spiro atoms. The molecule has 0 aliphatic carbocycles. The highest BCUT2D eigenvalue weighted by atomic mass is 32.2. The van der Waals surface area contributed by atoms with E-state index in [1.807, 2.05) is 0 Å². The number of carbonyl (C=O) groups excluding carboxylic acids is 1. The smallest absolute Gasteiger partial charge is 0.188 e. The van der Waals surface area contributed by atoms with Gasteiger partial charge in [0, 0.05) is 12.2 Å². The van der Waals surface area contributed by atoms with Crippen molar-refractivity contribution in [2.24, 2.45) is 0 Å². The lowest BCUT2D eigenvalue weighted by Crippen LogP contribution is -2.18. The van der Waals surface area contributed by atoms with Crippen molar-refractivity contribution in [2.75, 3.05) is 5.75 Å². The van der Waals surface area contributed by atoms with Crippen LogP contribution in [0.1, 0.15) is 90.8 Å². The Labute approximate surface area is 158 Å². The van der Waals surface area contributed by atoms with Gasteiger partial charge in [-0.05, 0) is 46.8 Å². The fraction of sp³-hybridized carbons (Fsp3) is 0.682. The molecule has 0 saturated heterocycles. The number of carbonyl (C=O) groups is 1. The summed E-state index contributed by atoms with van der Waals surface area (Å²) in [7, 11) is 0. The number of aryl methyl sites for hydroxylation is 1. The van der Waals surface area contributed by atoms with Crippen molar-refractivity contribution in [1.29, 1.82) is 0 Å². The van der Waals surface area contributed by atoms with Crippen LogP contribution in [0.15, 0.2) is 12.1 Å². The lowest BCUT2D eigenvalue weighted by molar-refractivity contribution is -0.111. The zero-order valence-electron chi connectivity index (χ0n) is 17.2. The third kappa shape index (κ3) is 7.05. The van der Waals surface area contributed by atoms with Crippen LogP contribution >= 0.6 is 11.8 Å². The van der Waals surface area contributed by atoms with Crippen molar-refractivity contribution < 1.29 is 9.90 Å². The quantitative estimate of drug-likeness (QED) is 0.571. The highest BCUT2D eigenvalue weighted by molar-refractivity contribution is 8.13. The Morgan fingerprint density at radius 1 is 1.00 bits per heavy atom. The number of thioether (sulfide) groups is 1. The van der Waals surface area contributed by atoms with E-state index in [2.05, 4.69) is 60.6 Å². The summed E-state index contributed by atoms with van der Waals surface area (Å²) in [6, 6.07) is 4.29. The molecule has 0 amide bonds. The average Bonchev–Trinajstić information content (AvgIpc) is 2.48. The van der Waals surface area contributed by atoms with Gasteiger partial charge in [-0.15, -0.1) is 0 Å². The molecule has 0 saturated carbocycles. The summed E-state index contributed by atoms with van der Waals surface area (Å²) < 4.78 is 0. The predicted molar refractivity (Wildman–Crippen MR) is 111 cm³/mol. The van der Waals surface area contributed by atoms with Gasteiger partial charge in [0.15, 0.2) is 5.12 Å². The predicted octanol–water partition coefficient (Wildman–Crippen LogP) is 6.37. The van der Waals surface area contributed by atoms with Crippen molar-refractivity contribution in [3.63, 3.8) is 0 Å². The summed E-state index contributed by atoms with van der Waals surface area (Å²) in [5.74, 6) is 1.31. The fourth-order valence-corrected chi connectivity index (χ4v) is 3.64. The summed E-state index contributed by atoms with van der Waals surface area (Å²) in [6.45, 7) is 14.9. The molecule has 3 heteroatoms. The number of hydrogen-bond donors (Lipinski definition) is 1. The van der Waals surface area contributed by atoms with Crippen LogP contribution in [0.3, 0.4) is 0 Å². The van der Waals surface area contributed by atoms with Crippen LogP contribution in [0.25, 0.3) is 0 Å². The lowest BCUT2D eigenvalue weighted by Gasteiger charge is -2.28. The first-order valence-corrected chi connectivity index (χ1v) is 10.5. The maximum absolute atomic E-state index is 11.8. The maximum Gasteiger partial charge on any atom is 0.188 e. The van der Waals surface area contributed by atoms with E-state index < -0.39 is 0 Å². The number of phenols is 1. The molecule has 142 valence electrons. The molecule has 0 radical (unpaired) electrons. The van der Waals surface area contributed by atoms with Crippen LogP contribution in [-0.2, 0) is 22.0 Å². The minimum Gasteiger partial charge on any atom is -0.507 e. The Morgan fingerprint density at radius 2 is 1.52 bits per heavy atom. The molecule has 1 aromatic rings. The molecule has 0 unspecified atom stereocenters. The molecule has 0 atom stereocenters. The Balaban J connectivity index is 2.85. The fourth-order valence-electron chi connectivity index (χ4n) is 2.84. The van der Waals surface area contributed by atoms with E-state index >= 15 is 0 Å². The van der Waals surface area contributed by atoms with Crippen LogP contribution in [0.5, 0.6) is 5.75 Å². The van der Waals surface area contributed by atoms with Gasteiger partial charge in [-0.3, -0.25) is 4.79 Å². The van der Waals surface area contributed by atoms with E-state index in [4.69, 9.17) is 0 Å². The van der Waals surface area contributed by atoms with Crippen molar-refractivity contribution in [3.8, 4) is 5.75 Å². The molecule has 0 bridgehead atoms. The topological polar surface area (TPSA) is 37.3 Å². The van der Waals surface area contributed by atoms with Crippen LogP contribution < -0.4 is 0 Å². The molecule has 1 aromatic carbocycles. The summed E-state index contributed by atoms with van der Waals surface area (Å²) >= 11 is 1.47. The molecule has 1 N–H and O–H groups in total. The molecule has 25 heavy (non-hydrogen) atoms. The summed E-state index contributed by atoms with van der Waals surface area (Å²) in [6.07, 6.45) is 4.70. The Kier molecular flexibility index (Phi) is 8.05. The summed E-state index contributed by atoms with van der Waals surface area (Å²) in [5.41, 5.74) is 3.10. The van der Waals surface area contributed by atoms with E-state index in [1.54, 1.807) is 0 Å². The van der Waals surface area contributed by atoms with Gasteiger partial charge in [-0.2, -0.15) is 0 Å². The third-order valence-electron chi connectivity index (χ3n) is 4.39. The van der Waals surface area contributed by atoms with Gasteiger partial charge in [0.05, 0.1) is 0 Å². The molecule has 0 aliphatic heterocycles. The largest absolute Gasteiger partial charge is 0.507 e. The Hall–Kier alpha value is -0.960. The Bertz CT molecular complexity index is 542. The number of phenolic OH excluding ortho intramolecular Hbond substituents is 1. The van der Waals surface area contributed by atoms with Gasteiger partial charge < -0.3 is 5.11 Å². The van der Waals surface area contributed by atoms with Gasteiger partial charge in [0.25, 0.3) is 0 Å². The molecule has 0 fully saturated rings. The number of hydrogen-bond acceptors (Lipinski definition) is 3. The van der Waals surface area contributed by atoms with Crippen LogP contribution in [0, 0.1) is 0 Å². The SMILES string of the molecule is CCCCC(=O)SCCCc1cc(C(C)(C)C)c(O)c(C(C)(C)C)c1. The number of benzene rings is 1. The molecule has 1 rings (SSSR count). The van der Waals surface area contributed by atoms with E-state index in [-0.39, 0.29) is 10.8 Å². The van der Waals surface area contributed by atoms with Crippen LogP contribution in [-0.4, -0.2) is 16.0 Å². The molecule has 2 nitrogen and oxygen atoms in total. The molecule has 0 aliphatic rings. The second-order valence-electron chi connectivity index (χ2n) is 8.97. The zero-order chi connectivity index (χ0) is 19.3. The van der Waals surface area contributed by atoms with Gasteiger partial charge in [-0.1, -0.05) is 78.8 Å². The second-order valence-corrected chi connectivity index (χ2v) is 10.1. The Morgan fingerprint density at radius 3 is 1.96 bits per heavy atom. The molecular weight excluding hydrogens is 328 g/mol. The summed E-state index contributed by atoms with van der Waals surface area (Å²) in [5, 5.41) is 11.1. The van der Waals surface area contributed by atoms with E-state index in [0.29, 0.717) is 17.3 Å². The van der Waals surface area contributed by atoms with Gasteiger partial charge in [0.1, 0.15) is 5.75 Å². The lowest BCUT2D eigenvalue weighted by atomic mass is 9.78. The first-order chi connectivity index (χ1) is 11.5. The number of aromatic hydroxyl groups is 1. The van der Waals surface area contributed by atoms with Crippen LogP contribution in [0.4, 0.5) is 0 Å². The van der Waals surface area contributed by atoms with E-state index in [0.717, 1.165) is 42.6 Å². The standard InChI is InChI=1S/C22H36O2S/c1-8-9-12-19(23)25-13-10-11-16-14-17(21(2,3)4)20(24)18(15-16)22(5,6)7/h14-15,24H,8-13H2,1-7H3. The van der Waals surface area contributed by atoms with Gasteiger partial charge in [-0.25, -0.2) is 0 Å². The van der Waals surface area contributed by atoms with Crippen molar-refractivity contribution in [3.05, 3.63) is 28.8 Å². The van der Waals surface area contributed by atoms with Crippen molar-refractivity contribution in [2.45, 2.75) is 91.4 Å². The molecule has 0 heterocycles.